The van der Waals surface area contributed by atoms with Gasteiger partial charge in [-0.2, -0.15) is 0 Å². The quantitative estimate of drug-likeness (QED) is 0.730. The summed E-state index contributed by atoms with van der Waals surface area (Å²) in [5, 5.41) is 0. The zero-order valence-corrected chi connectivity index (χ0v) is 13.0. The van der Waals surface area contributed by atoms with E-state index in [2.05, 4.69) is 66.0 Å². The lowest BCUT2D eigenvalue weighted by Crippen LogP contribution is -2.44. The van der Waals surface area contributed by atoms with Crippen molar-refractivity contribution in [2.24, 2.45) is 7.05 Å². The van der Waals surface area contributed by atoms with Crippen LogP contribution < -0.4 is 4.90 Å². The van der Waals surface area contributed by atoms with Gasteiger partial charge in [0.05, 0.1) is 11.6 Å². The normalized spacial score (nSPS) is 23.5. The first-order valence-corrected chi connectivity index (χ1v) is 8.24. The molecule has 1 aliphatic heterocycles. The summed E-state index contributed by atoms with van der Waals surface area (Å²) < 4.78 is 2.28. The van der Waals surface area contributed by atoms with Crippen LogP contribution in [0.15, 0.2) is 42.6 Å². The number of anilines is 1. The average molecular weight is 280 g/mol. The summed E-state index contributed by atoms with van der Waals surface area (Å²) in [4.78, 5) is 2.71. The van der Waals surface area contributed by atoms with Crippen LogP contribution in [0.4, 0.5) is 5.82 Å². The zero-order valence-electron chi connectivity index (χ0n) is 13.0. The molecule has 1 atom stereocenters. The van der Waals surface area contributed by atoms with Crippen molar-refractivity contribution in [1.82, 2.24) is 4.57 Å². The molecule has 1 aromatic carbocycles. The third kappa shape index (κ3) is 1.71. The second kappa shape index (κ2) is 4.66. The second-order valence-corrected chi connectivity index (χ2v) is 6.70. The molecule has 2 aliphatic rings. The number of hydrogen-bond donors (Lipinski definition) is 0. The molecule has 1 unspecified atom stereocenters. The molecule has 1 saturated carbocycles. The first-order valence-electron chi connectivity index (χ1n) is 8.24. The SMILES string of the molecule is CC1c2ccccc2C2(CCCCC2)N1c1cccn1C. The summed E-state index contributed by atoms with van der Waals surface area (Å²) in [6, 6.07) is 14.0. The lowest BCUT2D eigenvalue weighted by Gasteiger charge is -2.45. The fourth-order valence-corrected chi connectivity index (χ4v) is 4.69. The molecular formula is C19H24N2. The van der Waals surface area contributed by atoms with Gasteiger partial charge in [-0.15, -0.1) is 0 Å². The van der Waals surface area contributed by atoms with Gasteiger partial charge in [0, 0.05) is 13.2 Å². The number of aryl methyl sites for hydroxylation is 1. The number of rotatable bonds is 1. The Labute approximate surface area is 127 Å². The number of benzene rings is 1. The van der Waals surface area contributed by atoms with Gasteiger partial charge < -0.3 is 9.47 Å². The molecule has 1 fully saturated rings. The molecule has 4 rings (SSSR count). The Morgan fingerprint density at radius 3 is 2.48 bits per heavy atom. The Morgan fingerprint density at radius 2 is 1.76 bits per heavy atom. The van der Waals surface area contributed by atoms with Crippen LogP contribution in [0.2, 0.25) is 0 Å². The highest BCUT2D eigenvalue weighted by molar-refractivity contribution is 5.58. The van der Waals surface area contributed by atoms with E-state index in [0.717, 1.165) is 0 Å². The minimum atomic E-state index is 0.223. The first kappa shape index (κ1) is 13.0. The van der Waals surface area contributed by atoms with E-state index in [1.165, 1.54) is 43.5 Å². The number of fused-ring (bicyclic) bond motifs is 2. The van der Waals surface area contributed by atoms with Crippen LogP contribution >= 0.6 is 0 Å². The second-order valence-electron chi connectivity index (χ2n) is 6.70. The monoisotopic (exact) mass is 280 g/mol. The predicted molar refractivity (Wildman–Crippen MR) is 87.5 cm³/mol. The van der Waals surface area contributed by atoms with E-state index in [0.29, 0.717) is 6.04 Å². The first-order chi connectivity index (χ1) is 10.2. The van der Waals surface area contributed by atoms with Crippen LogP contribution in [0.25, 0.3) is 0 Å². The predicted octanol–water partition coefficient (Wildman–Crippen LogP) is 4.77. The molecule has 0 saturated heterocycles. The van der Waals surface area contributed by atoms with Gasteiger partial charge in [-0.1, -0.05) is 43.5 Å². The molecular weight excluding hydrogens is 256 g/mol. The van der Waals surface area contributed by atoms with Crippen molar-refractivity contribution in [1.29, 1.82) is 0 Å². The van der Waals surface area contributed by atoms with Gasteiger partial charge in [0.15, 0.2) is 0 Å². The van der Waals surface area contributed by atoms with Crippen molar-refractivity contribution in [3.63, 3.8) is 0 Å². The topological polar surface area (TPSA) is 8.17 Å². The average Bonchev–Trinajstić information content (AvgIpc) is 3.02. The van der Waals surface area contributed by atoms with Crippen LogP contribution in [0.5, 0.6) is 0 Å². The Balaban J connectivity index is 1.91. The maximum atomic E-state index is 2.71. The van der Waals surface area contributed by atoms with Crippen molar-refractivity contribution >= 4 is 5.82 Å². The van der Waals surface area contributed by atoms with Crippen molar-refractivity contribution in [2.75, 3.05) is 4.90 Å². The third-order valence-corrected chi connectivity index (χ3v) is 5.60. The van der Waals surface area contributed by atoms with E-state index < -0.39 is 0 Å². The van der Waals surface area contributed by atoms with Crippen LogP contribution in [-0.4, -0.2) is 4.57 Å². The Hall–Kier alpha value is -1.70. The molecule has 21 heavy (non-hydrogen) atoms. The Kier molecular flexibility index (Phi) is 2.88. The molecule has 1 aromatic heterocycles. The summed E-state index contributed by atoms with van der Waals surface area (Å²) in [5.41, 5.74) is 3.33. The van der Waals surface area contributed by atoms with Gasteiger partial charge in [-0.05, 0) is 43.0 Å². The molecule has 0 amide bonds. The zero-order chi connectivity index (χ0) is 14.4. The largest absolute Gasteiger partial charge is 0.341 e. The summed E-state index contributed by atoms with van der Waals surface area (Å²) in [7, 11) is 2.17. The highest BCUT2D eigenvalue weighted by atomic mass is 15.3. The van der Waals surface area contributed by atoms with Gasteiger partial charge in [0.25, 0.3) is 0 Å². The summed E-state index contributed by atoms with van der Waals surface area (Å²) in [6.45, 7) is 2.37. The third-order valence-electron chi connectivity index (χ3n) is 5.60. The van der Waals surface area contributed by atoms with Crippen LogP contribution in [-0.2, 0) is 12.6 Å². The highest BCUT2D eigenvalue weighted by Gasteiger charge is 2.49. The number of aromatic nitrogens is 1. The van der Waals surface area contributed by atoms with Crippen LogP contribution in [0, 0.1) is 0 Å². The molecule has 1 aliphatic carbocycles. The van der Waals surface area contributed by atoms with Gasteiger partial charge in [-0.25, -0.2) is 0 Å². The lowest BCUT2D eigenvalue weighted by atomic mass is 9.76. The Bertz CT molecular complexity index is 649. The van der Waals surface area contributed by atoms with Gasteiger partial charge in [-0.3, -0.25) is 0 Å². The maximum Gasteiger partial charge on any atom is 0.109 e. The highest BCUT2D eigenvalue weighted by Crippen LogP contribution is 2.54. The molecule has 110 valence electrons. The summed E-state index contributed by atoms with van der Waals surface area (Å²) in [6.07, 6.45) is 8.84. The van der Waals surface area contributed by atoms with E-state index in [1.54, 1.807) is 5.56 Å². The van der Waals surface area contributed by atoms with Crippen molar-refractivity contribution in [3.05, 3.63) is 53.7 Å². The van der Waals surface area contributed by atoms with Crippen molar-refractivity contribution in [2.45, 2.75) is 50.6 Å². The fraction of sp³-hybridized carbons (Fsp3) is 0.474. The molecule has 1 spiro atoms. The van der Waals surface area contributed by atoms with E-state index in [1.807, 2.05) is 0 Å². The van der Waals surface area contributed by atoms with Crippen molar-refractivity contribution < 1.29 is 0 Å². The molecule has 2 heterocycles. The minimum absolute atomic E-state index is 0.223. The van der Waals surface area contributed by atoms with Gasteiger partial charge in [0.2, 0.25) is 0 Å². The van der Waals surface area contributed by atoms with Crippen LogP contribution in [0.1, 0.15) is 56.2 Å². The molecule has 2 nitrogen and oxygen atoms in total. The minimum Gasteiger partial charge on any atom is -0.341 e. The van der Waals surface area contributed by atoms with E-state index >= 15 is 0 Å². The van der Waals surface area contributed by atoms with Crippen LogP contribution in [0.3, 0.4) is 0 Å². The summed E-state index contributed by atoms with van der Waals surface area (Å²) >= 11 is 0. The molecule has 2 heteroatoms. The standard InChI is InChI=1S/C19H24N2/c1-15-16-9-4-5-10-17(16)19(12-6-3-7-13-19)21(15)18-11-8-14-20(18)2/h4-5,8-11,14-15H,3,6-7,12-13H2,1-2H3. The van der Waals surface area contributed by atoms with E-state index in [4.69, 9.17) is 0 Å². The van der Waals surface area contributed by atoms with Crippen molar-refractivity contribution in [3.8, 4) is 0 Å². The number of nitrogens with zero attached hydrogens (tertiary/aromatic N) is 2. The lowest BCUT2D eigenvalue weighted by molar-refractivity contribution is 0.281. The van der Waals surface area contributed by atoms with E-state index in [9.17, 15) is 0 Å². The Morgan fingerprint density at radius 1 is 1.00 bits per heavy atom. The molecule has 0 radical (unpaired) electrons. The molecule has 0 bridgehead atoms. The molecule has 0 N–H and O–H groups in total. The fourth-order valence-electron chi connectivity index (χ4n) is 4.69. The number of hydrogen-bond acceptors (Lipinski definition) is 1. The van der Waals surface area contributed by atoms with E-state index in [-0.39, 0.29) is 5.54 Å². The van der Waals surface area contributed by atoms with Gasteiger partial charge in [0.1, 0.15) is 5.82 Å². The molecule has 2 aromatic rings. The smallest absolute Gasteiger partial charge is 0.109 e. The summed E-state index contributed by atoms with van der Waals surface area (Å²) in [5.74, 6) is 1.36. The maximum absolute atomic E-state index is 2.71. The van der Waals surface area contributed by atoms with Gasteiger partial charge >= 0.3 is 0 Å².